The van der Waals surface area contributed by atoms with Crippen molar-refractivity contribution >= 4 is 11.6 Å². The van der Waals surface area contributed by atoms with Crippen LogP contribution in [0.4, 0.5) is 5.69 Å². The van der Waals surface area contributed by atoms with Crippen LogP contribution in [0.15, 0.2) is 61.2 Å². The summed E-state index contributed by atoms with van der Waals surface area (Å²) in [6, 6.07) is 16.1. The Hall–Kier alpha value is -3.15. The van der Waals surface area contributed by atoms with Crippen LogP contribution in [-0.2, 0) is 13.0 Å². The molecule has 1 N–H and O–H groups in total. The highest BCUT2D eigenvalue weighted by atomic mass is 16.1. The van der Waals surface area contributed by atoms with Crippen molar-refractivity contribution in [3.05, 3.63) is 77.9 Å². The molecule has 0 aliphatic heterocycles. The summed E-state index contributed by atoms with van der Waals surface area (Å²) in [6.07, 6.45) is 5.05. The topological polar surface area (TPSA) is 63.1 Å². The third-order valence-electron chi connectivity index (χ3n) is 4.41. The van der Waals surface area contributed by atoms with Gasteiger partial charge in [0.25, 0.3) is 5.91 Å². The Morgan fingerprint density at radius 3 is 2.37 bits per heavy atom. The van der Waals surface area contributed by atoms with E-state index in [4.69, 9.17) is 0 Å². The van der Waals surface area contributed by atoms with Crippen molar-refractivity contribution in [2.24, 2.45) is 0 Å². The van der Waals surface area contributed by atoms with Crippen molar-refractivity contribution < 1.29 is 4.79 Å². The van der Waals surface area contributed by atoms with Crippen molar-refractivity contribution in [2.75, 3.05) is 25.5 Å². The summed E-state index contributed by atoms with van der Waals surface area (Å²) >= 11 is 0. The molecule has 0 aliphatic carbocycles. The Bertz CT molecular complexity index is 839. The van der Waals surface area contributed by atoms with E-state index < -0.39 is 0 Å². The number of amides is 1. The van der Waals surface area contributed by atoms with Crippen molar-refractivity contribution in [2.45, 2.75) is 19.4 Å². The summed E-state index contributed by atoms with van der Waals surface area (Å²) < 4.78 is 1.75. The van der Waals surface area contributed by atoms with Crippen LogP contribution in [0.5, 0.6) is 0 Å². The summed E-state index contributed by atoms with van der Waals surface area (Å²) in [5, 5.41) is 7.07. The highest BCUT2D eigenvalue weighted by Crippen LogP contribution is 2.13. The average molecular weight is 363 g/mol. The van der Waals surface area contributed by atoms with Crippen LogP contribution in [-0.4, -0.2) is 41.3 Å². The zero-order chi connectivity index (χ0) is 19.1. The molecule has 0 radical (unpaired) electrons. The van der Waals surface area contributed by atoms with Crippen molar-refractivity contribution in [1.29, 1.82) is 0 Å². The predicted octanol–water partition coefficient (Wildman–Crippen LogP) is 2.76. The molecule has 6 heteroatoms. The Kier molecular flexibility index (Phi) is 6.20. The van der Waals surface area contributed by atoms with Gasteiger partial charge in [0.1, 0.15) is 12.7 Å². The quantitative estimate of drug-likeness (QED) is 0.625. The largest absolute Gasteiger partial charge is 0.378 e. The molecule has 3 rings (SSSR count). The monoisotopic (exact) mass is 363 g/mol. The first-order valence-electron chi connectivity index (χ1n) is 9.07. The van der Waals surface area contributed by atoms with E-state index in [1.54, 1.807) is 11.0 Å². The number of nitrogens with zero attached hydrogens (tertiary/aromatic N) is 4. The summed E-state index contributed by atoms with van der Waals surface area (Å²) in [5.41, 5.74) is 4.23. The molecule has 0 bridgehead atoms. The standard InChI is InChI=1S/C21H25N5O/c1-25(2)20-11-7-17(8-12-20)4-3-13-23-21(27)19-9-5-18(6-10-19)14-26-16-22-15-24-26/h5-12,15-16H,3-4,13-14H2,1-2H3,(H,23,27). The maximum Gasteiger partial charge on any atom is 0.251 e. The normalized spacial score (nSPS) is 10.6. The molecule has 27 heavy (non-hydrogen) atoms. The van der Waals surface area contributed by atoms with Crippen LogP contribution in [0.1, 0.15) is 27.9 Å². The lowest BCUT2D eigenvalue weighted by molar-refractivity contribution is 0.0953. The van der Waals surface area contributed by atoms with E-state index in [1.165, 1.54) is 17.6 Å². The summed E-state index contributed by atoms with van der Waals surface area (Å²) in [4.78, 5) is 18.3. The van der Waals surface area contributed by atoms with Gasteiger partial charge in [0.15, 0.2) is 0 Å². The van der Waals surface area contributed by atoms with Gasteiger partial charge in [0, 0.05) is 31.9 Å². The van der Waals surface area contributed by atoms with E-state index in [2.05, 4.69) is 44.6 Å². The number of hydrogen-bond acceptors (Lipinski definition) is 4. The van der Waals surface area contributed by atoms with Gasteiger partial charge in [0.05, 0.1) is 6.54 Å². The predicted molar refractivity (Wildman–Crippen MR) is 107 cm³/mol. The Balaban J connectivity index is 1.42. The van der Waals surface area contributed by atoms with Crippen molar-refractivity contribution in [1.82, 2.24) is 20.1 Å². The van der Waals surface area contributed by atoms with E-state index in [9.17, 15) is 4.79 Å². The second-order valence-corrected chi connectivity index (χ2v) is 6.71. The molecule has 0 aliphatic rings. The second-order valence-electron chi connectivity index (χ2n) is 6.71. The van der Waals surface area contributed by atoms with Crippen LogP contribution < -0.4 is 10.2 Å². The zero-order valence-corrected chi connectivity index (χ0v) is 15.8. The molecule has 1 aromatic heterocycles. The fraction of sp³-hybridized carbons (Fsp3) is 0.286. The van der Waals surface area contributed by atoms with Gasteiger partial charge in [-0.05, 0) is 48.2 Å². The lowest BCUT2D eigenvalue weighted by Crippen LogP contribution is -2.24. The van der Waals surface area contributed by atoms with Crippen LogP contribution in [0.3, 0.4) is 0 Å². The number of aromatic nitrogens is 3. The Labute approximate surface area is 159 Å². The first-order valence-corrected chi connectivity index (χ1v) is 9.07. The van der Waals surface area contributed by atoms with E-state index in [0.29, 0.717) is 18.7 Å². The van der Waals surface area contributed by atoms with E-state index in [-0.39, 0.29) is 5.91 Å². The minimum Gasteiger partial charge on any atom is -0.378 e. The lowest BCUT2D eigenvalue weighted by Gasteiger charge is -2.12. The summed E-state index contributed by atoms with van der Waals surface area (Å²) in [7, 11) is 4.07. The molecular weight excluding hydrogens is 338 g/mol. The molecule has 6 nitrogen and oxygen atoms in total. The fourth-order valence-corrected chi connectivity index (χ4v) is 2.82. The van der Waals surface area contributed by atoms with Crippen LogP contribution >= 0.6 is 0 Å². The molecular formula is C21H25N5O. The number of aryl methyl sites for hydroxylation is 1. The zero-order valence-electron chi connectivity index (χ0n) is 15.8. The molecule has 0 unspecified atom stereocenters. The number of carbonyl (C=O) groups is 1. The molecule has 1 heterocycles. The second kappa shape index (κ2) is 8.98. The summed E-state index contributed by atoms with van der Waals surface area (Å²) in [6.45, 7) is 1.31. The molecule has 0 saturated heterocycles. The van der Waals surface area contributed by atoms with Crippen molar-refractivity contribution in [3.8, 4) is 0 Å². The van der Waals surface area contributed by atoms with Crippen LogP contribution in [0.25, 0.3) is 0 Å². The van der Waals surface area contributed by atoms with Gasteiger partial charge >= 0.3 is 0 Å². The molecule has 2 aromatic carbocycles. The number of rotatable bonds is 8. The molecule has 0 atom stereocenters. The number of nitrogens with one attached hydrogen (secondary N) is 1. The van der Waals surface area contributed by atoms with Gasteiger partial charge in [-0.25, -0.2) is 9.67 Å². The van der Waals surface area contributed by atoms with Crippen LogP contribution in [0.2, 0.25) is 0 Å². The van der Waals surface area contributed by atoms with Crippen molar-refractivity contribution in [3.63, 3.8) is 0 Å². The van der Waals surface area contributed by atoms with Crippen LogP contribution in [0, 0.1) is 0 Å². The molecule has 3 aromatic rings. The average Bonchev–Trinajstić information content (AvgIpc) is 3.19. The van der Waals surface area contributed by atoms with Gasteiger partial charge in [-0.2, -0.15) is 5.10 Å². The molecule has 1 amide bonds. The maximum atomic E-state index is 12.3. The van der Waals surface area contributed by atoms with Gasteiger partial charge in [-0.15, -0.1) is 0 Å². The smallest absolute Gasteiger partial charge is 0.251 e. The molecule has 0 spiro atoms. The molecule has 0 fully saturated rings. The summed E-state index contributed by atoms with van der Waals surface area (Å²) in [5.74, 6) is -0.0368. The number of benzene rings is 2. The van der Waals surface area contributed by atoms with Gasteiger partial charge in [0.2, 0.25) is 0 Å². The van der Waals surface area contributed by atoms with Gasteiger partial charge in [-0.3, -0.25) is 4.79 Å². The highest BCUT2D eigenvalue weighted by molar-refractivity contribution is 5.94. The SMILES string of the molecule is CN(C)c1ccc(CCCNC(=O)c2ccc(Cn3cncn3)cc2)cc1. The number of carbonyl (C=O) groups excluding carboxylic acids is 1. The van der Waals surface area contributed by atoms with Gasteiger partial charge in [-0.1, -0.05) is 24.3 Å². The van der Waals surface area contributed by atoms with E-state index >= 15 is 0 Å². The maximum absolute atomic E-state index is 12.3. The number of anilines is 1. The first-order chi connectivity index (χ1) is 13.1. The van der Waals surface area contributed by atoms with E-state index in [1.807, 2.05) is 38.4 Å². The minimum atomic E-state index is -0.0368. The third kappa shape index (κ3) is 5.41. The Morgan fingerprint density at radius 2 is 1.74 bits per heavy atom. The minimum absolute atomic E-state index is 0.0368. The molecule has 140 valence electrons. The lowest BCUT2D eigenvalue weighted by atomic mass is 10.1. The van der Waals surface area contributed by atoms with Gasteiger partial charge < -0.3 is 10.2 Å². The third-order valence-corrected chi connectivity index (χ3v) is 4.41. The first kappa shape index (κ1) is 18.6. The van der Waals surface area contributed by atoms with E-state index in [0.717, 1.165) is 18.4 Å². The highest BCUT2D eigenvalue weighted by Gasteiger charge is 2.05. The number of hydrogen-bond donors (Lipinski definition) is 1. The Morgan fingerprint density at radius 1 is 1.04 bits per heavy atom. The molecule has 0 saturated carbocycles. The fourth-order valence-electron chi connectivity index (χ4n) is 2.82.